The van der Waals surface area contributed by atoms with E-state index in [2.05, 4.69) is 10.1 Å². The van der Waals surface area contributed by atoms with Gasteiger partial charge in [-0.2, -0.15) is 13.2 Å². The van der Waals surface area contributed by atoms with Crippen molar-refractivity contribution in [2.75, 3.05) is 26.2 Å². The number of piperazine rings is 1. The maximum atomic E-state index is 13.1. The first-order valence-electron chi connectivity index (χ1n) is 8.61. The number of ether oxygens (including phenoxy) is 1. The molecule has 152 valence electrons. The Balaban J connectivity index is 1.96. The van der Waals surface area contributed by atoms with Crippen LogP contribution in [-0.4, -0.2) is 37.4 Å². The van der Waals surface area contributed by atoms with Crippen LogP contribution < -0.4 is 10.1 Å². The van der Waals surface area contributed by atoms with Gasteiger partial charge >= 0.3 is 12.5 Å². The van der Waals surface area contributed by atoms with E-state index in [4.69, 9.17) is 0 Å². The Labute approximate surface area is 157 Å². The fourth-order valence-corrected chi connectivity index (χ4v) is 3.29. The van der Waals surface area contributed by atoms with Crippen LogP contribution in [0.1, 0.15) is 22.7 Å². The van der Waals surface area contributed by atoms with Crippen molar-refractivity contribution in [2.24, 2.45) is 0 Å². The minimum Gasteiger partial charge on any atom is -0.406 e. The Morgan fingerprint density at radius 1 is 0.857 bits per heavy atom. The van der Waals surface area contributed by atoms with Gasteiger partial charge in [-0.1, -0.05) is 24.3 Å². The second-order valence-corrected chi connectivity index (χ2v) is 6.43. The zero-order valence-electron chi connectivity index (χ0n) is 14.6. The van der Waals surface area contributed by atoms with E-state index in [1.54, 1.807) is 6.07 Å². The molecule has 9 heteroatoms. The Kier molecular flexibility index (Phi) is 5.85. The first-order valence-corrected chi connectivity index (χ1v) is 8.61. The first kappa shape index (κ1) is 20.5. The highest BCUT2D eigenvalue weighted by Crippen LogP contribution is 2.35. The zero-order chi connectivity index (χ0) is 20.4. The highest BCUT2D eigenvalue weighted by atomic mass is 19.4. The highest BCUT2D eigenvalue weighted by molar-refractivity contribution is 5.38. The van der Waals surface area contributed by atoms with E-state index in [9.17, 15) is 26.3 Å². The molecule has 1 atom stereocenters. The minimum absolute atomic E-state index is 0.376. The Bertz CT molecular complexity index is 782. The number of benzene rings is 2. The Morgan fingerprint density at radius 2 is 1.50 bits per heavy atom. The summed E-state index contributed by atoms with van der Waals surface area (Å²) in [6.07, 6.45) is -9.28. The summed E-state index contributed by atoms with van der Waals surface area (Å²) in [4.78, 5) is 2.01. The molecule has 0 unspecified atom stereocenters. The third kappa shape index (κ3) is 5.17. The Hall–Kier alpha value is -2.26. The molecule has 1 fully saturated rings. The van der Waals surface area contributed by atoms with Crippen molar-refractivity contribution in [1.82, 2.24) is 10.2 Å². The maximum absolute atomic E-state index is 13.1. The molecular weight excluding hydrogens is 386 g/mol. The molecule has 0 radical (unpaired) electrons. The summed E-state index contributed by atoms with van der Waals surface area (Å²) in [6, 6.07) is 9.77. The van der Waals surface area contributed by atoms with Crippen LogP contribution in [0.2, 0.25) is 0 Å². The number of rotatable bonds is 4. The Morgan fingerprint density at radius 3 is 2.07 bits per heavy atom. The van der Waals surface area contributed by atoms with E-state index in [1.807, 2.05) is 4.90 Å². The molecule has 1 saturated heterocycles. The highest BCUT2D eigenvalue weighted by Gasteiger charge is 2.33. The van der Waals surface area contributed by atoms with Crippen molar-refractivity contribution >= 4 is 0 Å². The standard InChI is InChI=1S/C19H18F6N2O/c20-18(21,22)15-3-1-2-14(12-15)17(27-10-8-26-9-11-27)13-4-6-16(7-5-13)28-19(23,24)25/h1-7,12,17,26H,8-11H2/t17-/m1/s1. The summed E-state index contributed by atoms with van der Waals surface area (Å²) >= 11 is 0. The molecule has 1 aliphatic rings. The summed E-state index contributed by atoms with van der Waals surface area (Å²) < 4.78 is 80.4. The van der Waals surface area contributed by atoms with Crippen molar-refractivity contribution in [1.29, 1.82) is 0 Å². The predicted molar refractivity (Wildman–Crippen MR) is 90.9 cm³/mol. The zero-order valence-corrected chi connectivity index (χ0v) is 14.6. The van der Waals surface area contributed by atoms with Crippen LogP contribution in [0.3, 0.4) is 0 Å². The van der Waals surface area contributed by atoms with Crippen LogP contribution in [-0.2, 0) is 6.18 Å². The quantitative estimate of drug-likeness (QED) is 0.754. The van der Waals surface area contributed by atoms with Gasteiger partial charge in [0.15, 0.2) is 0 Å². The van der Waals surface area contributed by atoms with Gasteiger partial charge in [-0.05, 0) is 35.4 Å². The maximum Gasteiger partial charge on any atom is 0.573 e. The second-order valence-electron chi connectivity index (χ2n) is 6.43. The van der Waals surface area contributed by atoms with E-state index in [0.29, 0.717) is 37.3 Å². The SMILES string of the molecule is FC(F)(F)Oc1ccc([C@H](c2cccc(C(F)(F)F)c2)N2CCNCC2)cc1. The molecule has 0 bridgehead atoms. The number of hydrogen-bond donors (Lipinski definition) is 1. The monoisotopic (exact) mass is 404 g/mol. The van der Waals surface area contributed by atoms with Gasteiger partial charge in [0, 0.05) is 26.2 Å². The van der Waals surface area contributed by atoms with Crippen LogP contribution in [0.4, 0.5) is 26.3 Å². The summed E-state index contributed by atoms with van der Waals surface area (Å²) in [6.45, 7) is 2.54. The number of nitrogens with one attached hydrogen (secondary N) is 1. The lowest BCUT2D eigenvalue weighted by Gasteiger charge is -2.36. The van der Waals surface area contributed by atoms with Gasteiger partial charge < -0.3 is 10.1 Å². The van der Waals surface area contributed by atoms with E-state index in [-0.39, 0.29) is 5.75 Å². The molecule has 0 aliphatic carbocycles. The van der Waals surface area contributed by atoms with E-state index in [0.717, 1.165) is 12.1 Å². The molecule has 3 rings (SSSR count). The molecule has 1 aliphatic heterocycles. The number of halogens is 6. The first-order chi connectivity index (χ1) is 13.1. The van der Waals surface area contributed by atoms with Gasteiger partial charge in [0.25, 0.3) is 0 Å². The van der Waals surface area contributed by atoms with Crippen LogP contribution >= 0.6 is 0 Å². The lowest BCUT2D eigenvalue weighted by Crippen LogP contribution is -2.45. The average molecular weight is 404 g/mol. The molecule has 0 aromatic heterocycles. The van der Waals surface area contributed by atoms with Crippen molar-refractivity contribution in [2.45, 2.75) is 18.6 Å². The lowest BCUT2D eigenvalue weighted by molar-refractivity contribution is -0.274. The van der Waals surface area contributed by atoms with E-state index >= 15 is 0 Å². The van der Waals surface area contributed by atoms with Crippen LogP contribution in [0, 0.1) is 0 Å². The van der Waals surface area contributed by atoms with Crippen molar-refractivity contribution < 1.29 is 31.1 Å². The molecule has 0 amide bonds. The van der Waals surface area contributed by atoms with Crippen LogP contribution in [0.15, 0.2) is 48.5 Å². The van der Waals surface area contributed by atoms with Crippen molar-refractivity contribution in [3.63, 3.8) is 0 Å². The second kappa shape index (κ2) is 8.00. The van der Waals surface area contributed by atoms with E-state index in [1.165, 1.54) is 30.3 Å². The molecule has 28 heavy (non-hydrogen) atoms. The summed E-state index contributed by atoms with van der Waals surface area (Å²) in [5.74, 6) is -0.376. The minimum atomic E-state index is -4.81. The third-order valence-corrected chi connectivity index (χ3v) is 4.48. The smallest absolute Gasteiger partial charge is 0.406 e. The van der Waals surface area contributed by atoms with Crippen molar-refractivity contribution in [3.05, 3.63) is 65.2 Å². The van der Waals surface area contributed by atoms with Gasteiger partial charge in [0.2, 0.25) is 0 Å². The van der Waals surface area contributed by atoms with Crippen LogP contribution in [0.5, 0.6) is 5.75 Å². The van der Waals surface area contributed by atoms with Gasteiger partial charge in [0.05, 0.1) is 11.6 Å². The fourth-order valence-electron chi connectivity index (χ4n) is 3.29. The van der Waals surface area contributed by atoms with Crippen LogP contribution in [0.25, 0.3) is 0 Å². The summed E-state index contributed by atoms with van der Waals surface area (Å²) in [7, 11) is 0. The topological polar surface area (TPSA) is 24.5 Å². The number of nitrogens with zero attached hydrogens (tertiary/aromatic N) is 1. The molecule has 0 saturated carbocycles. The van der Waals surface area contributed by atoms with Gasteiger partial charge in [0.1, 0.15) is 5.75 Å². The molecule has 0 spiro atoms. The normalized spacial score (nSPS) is 17.4. The van der Waals surface area contributed by atoms with E-state index < -0.39 is 24.1 Å². The summed E-state index contributed by atoms with van der Waals surface area (Å²) in [5.41, 5.74) is 0.263. The molecule has 1 N–H and O–H groups in total. The third-order valence-electron chi connectivity index (χ3n) is 4.48. The molecule has 1 heterocycles. The number of hydrogen-bond acceptors (Lipinski definition) is 3. The number of alkyl halides is 6. The van der Waals surface area contributed by atoms with Gasteiger partial charge in [-0.15, -0.1) is 13.2 Å². The van der Waals surface area contributed by atoms with Crippen molar-refractivity contribution in [3.8, 4) is 5.75 Å². The molecule has 3 nitrogen and oxygen atoms in total. The van der Waals surface area contributed by atoms with Gasteiger partial charge in [-0.25, -0.2) is 0 Å². The lowest BCUT2D eigenvalue weighted by atomic mass is 9.95. The predicted octanol–water partition coefficient (Wildman–Crippen LogP) is 4.60. The molecule has 2 aromatic carbocycles. The molecule has 2 aromatic rings. The fraction of sp³-hybridized carbons (Fsp3) is 0.368. The summed E-state index contributed by atoms with van der Waals surface area (Å²) in [5, 5.41) is 3.18. The average Bonchev–Trinajstić information content (AvgIpc) is 2.63. The van der Waals surface area contributed by atoms with Gasteiger partial charge in [-0.3, -0.25) is 4.90 Å². The molecular formula is C19H18F6N2O. The largest absolute Gasteiger partial charge is 0.573 e.